The van der Waals surface area contributed by atoms with E-state index in [0.29, 0.717) is 6.54 Å². The van der Waals surface area contributed by atoms with E-state index in [-0.39, 0.29) is 18.4 Å². The van der Waals surface area contributed by atoms with Gasteiger partial charge in [-0.15, -0.1) is 0 Å². The number of hydrogen-bond donors (Lipinski definition) is 1. The van der Waals surface area contributed by atoms with Gasteiger partial charge in [0.1, 0.15) is 5.75 Å². The van der Waals surface area contributed by atoms with Crippen LogP contribution in [0, 0.1) is 13.8 Å². The van der Waals surface area contributed by atoms with E-state index in [1.54, 1.807) is 0 Å². The highest BCUT2D eigenvalue weighted by molar-refractivity contribution is 5.77. The zero-order valence-corrected chi connectivity index (χ0v) is 13.4. The molecular formula is C19H23NO2. The zero-order valence-electron chi connectivity index (χ0n) is 13.4. The Hall–Kier alpha value is -2.29. The third-order valence-electron chi connectivity index (χ3n) is 3.68. The average Bonchev–Trinajstić information content (AvgIpc) is 2.54. The number of aryl methyl sites for hydroxylation is 2. The predicted molar refractivity (Wildman–Crippen MR) is 89.3 cm³/mol. The number of carbonyl (C=O) groups excluding carboxylic acids is 1. The highest BCUT2D eigenvalue weighted by Crippen LogP contribution is 2.19. The van der Waals surface area contributed by atoms with E-state index in [1.165, 1.54) is 5.56 Å². The minimum absolute atomic E-state index is 0.0474. The molecule has 2 aromatic rings. The number of hydrogen-bond acceptors (Lipinski definition) is 2. The van der Waals surface area contributed by atoms with E-state index in [4.69, 9.17) is 4.74 Å². The molecule has 1 amide bonds. The van der Waals surface area contributed by atoms with Gasteiger partial charge < -0.3 is 10.1 Å². The fourth-order valence-electron chi connectivity index (χ4n) is 2.22. The molecule has 3 heteroatoms. The maximum atomic E-state index is 11.9. The number of rotatable bonds is 6. The molecule has 22 heavy (non-hydrogen) atoms. The zero-order chi connectivity index (χ0) is 15.9. The van der Waals surface area contributed by atoms with Crippen molar-refractivity contribution in [3.8, 4) is 5.75 Å². The molecule has 0 bridgehead atoms. The fourth-order valence-corrected chi connectivity index (χ4v) is 2.22. The Kier molecular flexibility index (Phi) is 5.59. The van der Waals surface area contributed by atoms with Crippen LogP contribution >= 0.6 is 0 Å². The summed E-state index contributed by atoms with van der Waals surface area (Å²) in [6.07, 6.45) is 0. The van der Waals surface area contributed by atoms with Crippen LogP contribution in [0.15, 0.2) is 48.5 Å². The SMILES string of the molecule is Cc1ccc(C)c(OCC(=O)NC[C@H](C)c2ccccc2)c1. The van der Waals surface area contributed by atoms with E-state index in [9.17, 15) is 4.79 Å². The third kappa shape index (κ3) is 4.62. The molecule has 1 atom stereocenters. The number of ether oxygens (including phenoxy) is 1. The Balaban J connectivity index is 1.80. The Morgan fingerprint density at radius 1 is 1.14 bits per heavy atom. The molecule has 2 rings (SSSR count). The lowest BCUT2D eigenvalue weighted by Crippen LogP contribution is -2.31. The second-order valence-electron chi connectivity index (χ2n) is 5.67. The number of benzene rings is 2. The maximum Gasteiger partial charge on any atom is 0.257 e. The minimum Gasteiger partial charge on any atom is -0.483 e. The van der Waals surface area contributed by atoms with Crippen LogP contribution in [-0.2, 0) is 4.79 Å². The molecule has 0 aliphatic carbocycles. The molecule has 0 radical (unpaired) electrons. The van der Waals surface area contributed by atoms with Gasteiger partial charge in [0.2, 0.25) is 0 Å². The van der Waals surface area contributed by atoms with E-state index in [1.807, 2.05) is 50.2 Å². The van der Waals surface area contributed by atoms with E-state index >= 15 is 0 Å². The summed E-state index contributed by atoms with van der Waals surface area (Å²) in [6.45, 7) is 6.74. The van der Waals surface area contributed by atoms with Gasteiger partial charge in [-0.25, -0.2) is 0 Å². The topological polar surface area (TPSA) is 38.3 Å². The van der Waals surface area contributed by atoms with E-state index in [2.05, 4.69) is 24.4 Å². The van der Waals surface area contributed by atoms with Crippen LogP contribution in [0.2, 0.25) is 0 Å². The van der Waals surface area contributed by atoms with E-state index in [0.717, 1.165) is 16.9 Å². The molecule has 0 aliphatic rings. The fraction of sp³-hybridized carbons (Fsp3) is 0.316. The second-order valence-corrected chi connectivity index (χ2v) is 5.67. The van der Waals surface area contributed by atoms with Crippen LogP contribution in [0.25, 0.3) is 0 Å². The molecule has 0 unspecified atom stereocenters. The van der Waals surface area contributed by atoms with Gasteiger partial charge in [0.05, 0.1) is 0 Å². The first kappa shape index (κ1) is 16.1. The standard InChI is InChI=1S/C19H23NO2/c1-14-9-10-15(2)18(11-14)22-13-19(21)20-12-16(3)17-7-5-4-6-8-17/h4-11,16H,12-13H2,1-3H3,(H,20,21)/t16-/m0/s1. The number of carbonyl (C=O) groups is 1. The van der Waals surface area contributed by atoms with Crippen molar-refractivity contribution in [3.63, 3.8) is 0 Å². The Bertz CT molecular complexity index is 623. The summed E-state index contributed by atoms with van der Waals surface area (Å²) >= 11 is 0. The first-order valence-electron chi connectivity index (χ1n) is 7.58. The van der Waals surface area contributed by atoms with Crippen LogP contribution in [-0.4, -0.2) is 19.1 Å². The molecule has 0 saturated heterocycles. The molecule has 1 N–H and O–H groups in total. The summed E-state index contributed by atoms with van der Waals surface area (Å²) in [5, 5.41) is 2.92. The molecular weight excluding hydrogens is 274 g/mol. The van der Waals surface area contributed by atoms with E-state index < -0.39 is 0 Å². The normalized spacial score (nSPS) is 11.8. The maximum absolute atomic E-state index is 11.9. The first-order chi connectivity index (χ1) is 10.6. The van der Waals surface area contributed by atoms with Gasteiger partial charge >= 0.3 is 0 Å². The molecule has 2 aromatic carbocycles. The van der Waals surface area contributed by atoms with Gasteiger partial charge in [0.25, 0.3) is 5.91 Å². The molecule has 0 saturated carbocycles. The summed E-state index contributed by atoms with van der Waals surface area (Å²) in [5.41, 5.74) is 3.38. The first-order valence-corrected chi connectivity index (χ1v) is 7.58. The molecule has 0 aromatic heterocycles. The smallest absolute Gasteiger partial charge is 0.257 e. The molecule has 116 valence electrons. The second kappa shape index (κ2) is 7.64. The van der Waals surface area contributed by atoms with Crippen molar-refractivity contribution in [2.45, 2.75) is 26.7 Å². The number of nitrogens with one attached hydrogen (secondary N) is 1. The predicted octanol–water partition coefficient (Wildman–Crippen LogP) is 3.60. The lowest BCUT2D eigenvalue weighted by molar-refractivity contribution is -0.123. The van der Waals surface area contributed by atoms with Crippen LogP contribution < -0.4 is 10.1 Å². The van der Waals surface area contributed by atoms with Crippen molar-refractivity contribution < 1.29 is 9.53 Å². The van der Waals surface area contributed by atoms with Crippen molar-refractivity contribution in [2.24, 2.45) is 0 Å². The van der Waals surface area contributed by atoms with Gasteiger partial charge in [-0.3, -0.25) is 4.79 Å². The molecule has 0 spiro atoms. The quantitative estimate of drug-likeness (QED) is 0.884. The van der Waals surface area contributed by atoms with Gasteiger partial charge in [-0.2, -0.15) is 0 Å². The van der Waals surface area contributed by atoms with Gasteiger partial charge in [-0.1, -0.05) is 49.4 Å². The van der Waals surface area contributed by atoms with Crippen molar-refractivity contribution in [2.75, 3.05) is 13.2 Å². The monoisotopic (exact) mass is 297 g/mol. The summed E-state index contributed by atoms with van der Waals surface area (Å²) in [6, 6.07) is 16.1. The van der Waals surface area contributed by atoms with Crippen molar-refractivity contribution in [1.82, 2.24) is 5.32 Å². The van der Waals surface area contributed by atoms with Gasteiger partial charge in [0.15, 0.2) is 6.61 Å². The van der Waals surface area contributed by atoms with Crippen molar-refractivity contribution >= 4 is 5.91 Å². The Morgan fingerprint density at radius 3 is 2.59 bits per heavy atom. The Morgan fingerprint density at radius 2 is 1.86 bits per heavy atom. The molecule has 0 fully saturated rings. The summed E-state index contributed by atoms with van der Waals surface area (Å²) in [5.74, 6) is 0.959. The summed E-state index contributed by atoms with van der Waals surface area (Å²) in [4.78, 5) is 11.9. The van der Waals surface area contributed by atoms with Crippen molar-refractivity contribution in [1.29, 1.82) is 0 Å². The van der Waals surface area contributed by atoms with Crippen LogP contribution in [0.5, 0.6) is 5.75 Å². The van der Waals surface area contributed by atoms with Crippen molar-refractivity contribution in [3.05, 3.63) is 65.2 Å². The average molecular weight is 297 g/mol. The third-order valence-corrected chi connectivity index (χ3v) is 3.68. The number of amides is 1. The summed E-state index contributed by atoms with van der Waals surface area (Å²) < 4.78 is 5.61. The minimum atomic E-state index is -0.0938. The van der Waals surface area contributed by atoms with Crippen LogP contribution in [0.4, 0.5) is 0 Å². The molecule has 0 heterocycles. The van der Waals surface area contributed by atoms with Gasteiger partial charge in [0, 0.05) is 6.54 Å². The van der Waals surface area contributed by atoms with Gasteiger partial charge in [-0.05, 0) is 42.5 Å². The largest absolute Gasteiger partial charge is 0.483 e. The molecule has 3 nitrogen and oxygen atoms in total. The molecule has 0 aliphatic heterocycles. The lowest BCUT2D eigenvalue weighted by atomic mass is 10.0. The lowest BCUT2D eigenvalue weighted by Gasteiger charge is -2.14. The highest BCUT2D eigenvalue weighted by atomic mass is 16.5. The summed E-state index contributed by atoms with van der Waals surface area (Å²) in [7, 11) is 0. The van der Waals surface area contributed by atoms with Crippen LogP contribution in [0.1, 0.15) is 29.5 Å². The van der Waals surface area contributed by atoms with Crippen LogP contribution in [0.3, 0.4) is 0 Å². The Labute approximate surface area is 132 Å². The highest BCUT2D eigenvalue weighted by Gasteiger charge is 2.09.